The van der Waals surface area contributed by atoms with Crippen LogP contribution in [0.2, 0.25) is 0 Å². The molecule has 1 heterocycles. The fourth-order valence-electron chi connectivity index (χ4n) is 0.429. The summed E-state index contributed by atoms with van der Waals surface area (Å²) in [4.78, 5) is 0. The lowest BCUT2D eigenvalue weighted by molar-refractivity contribution is 0.710. The standard InChI is InChI=1S/C4H8N2.C2H6/c1-4-2-5-6-3-4;1-2/h2,4,6H,3H2,1H3;1-2H3/t4-;/m1./s1. The van der Waals surface area contributed by atoms with Crippen molar-refractivity contribution in [2.24, 2.45) is 11.0 Å². The van der Waals surface area contributed by atoms with E-state index in [4.69, 9.17) is 0 Å². The molecule has 2 nitrogen and oxygen atoms in total. The molecule has 0 spiro atoms. The minimum atomic E-state index is 0.644. The minimum Gasteiger partial charge on any atom is -0.310 e. The first-order chi connectivity index (χ1) is 3.89. The Morgan fingerprint density at radius 1 is 1.62 bits per heavy atom. The van der Waals surface area contributed by atoms with Crippen LogP contribution in [0.15, 0.2) is 5.10 Å². The van der Waals surface area contributed by atoms with E-state index in [-0.39, 0.29) is 0 Å². The lowest BCUT2D eigenvalue weighted by Gasteiger charge is -1.88. The number of nitrogens with zero attached hydrogens (tertiary/aromatic N) is 1. The van der Waals surface area contributed by atoms with Gasteiger partial charge in [-0.25, -0.2) is 0 Å². The molecule has 0 aromatic heterocycles. The van der Waals surface area contributed by atoms with Crippen LogP contribution >= 0.6 is 0 Å². The highest BCUT2D eigenvalue weighted by atomic mass is 15.3. The van der Waals surface area contributed by atoms with Crippen molar-refractivity contribution in [3.05, 3.63) is 0 Å². The highest BCUT2D eigenvalue weighted by molar-refractivity contribution is 5.61. The SMILES string of the molecule is CC.C[C@@H]1C=NNC1. The van der Waals surface area contributed by atoms with E-state index < -0.39 is 0 Å². The van der Waals surface area contributed by atoms with Gasteiger partial charge in [-0.15, -0.1) is 0 Å². The molecular weight excluding hydrogens is 100 g/mol. The van der Waals surface area contributed by atoms with E-state index in [0.29, 0.717) is 5.92 Å². The first-order valence-corrected chi connectivity index (χ1v) is 3.15. The molecule has 1 atom stereocenters. The van der Waals surface area contributed by atoms with Gasteiger partial charge in [0, 0.05) is 18.7 Å². The molecule has 0 aliphatic carbocycles. The fourth-order valence-corrected chi connectivity index (χ4v) is 0.429. The second kappa shape index (κ2) is 4.62. The van der Waals surface area contributed by atoms with Gasteiger partial charge >= 0.3 is 0 Å². The number of nitrogens with one attached hydrogen (secondary N) is 1. The van der Waals surface area contributed by atoms with Gasteiger partial charge in [-0.05, 0) is 0 Å². The first kappa shape index (κ1) is 7.47. The Balaban J connectivity index is 0.000000222. The molecule has 0 saturated heterocycles. The van der Waals surface area contributed by atoms with Crippen LogP contribution in [0.25, 0.3) is 0 Å². The zero-order valence-electron chi connectivity index (χ0n) is 5.81. The normalized spacial score (nSPS) is 23.6. The maximum absolute atomic E-state index is 3.79. The second-order valence-corrected chi connectivity index (χ2v) is 1.62. The molecule has 0 aromatic rings. The summed E-state index contributed by atoms with van der Waals surface area (Å²) in [6.07, 6.45) is 1.92. The largest absolute Gasteiger partial charge is 0.310 e. The Bertz CT molecular complexity index is 68.9. The Labute approximate surface area is 51.0 Å². The molecule has 0 fully saturated rings. The Kier molecular flexibility index (Phi) is 4.32. The van der Waals surface area contributed by atoms with E-state index in [0.717, 1.165) is 6.54 Å². The van der Waals surface area contributed by atoms with Gasteiger partial charge in [0.1, 0.15) is 0 Å². The summed E-state index contributed by atoms with van der Waals surface area (Å²) < 4.78 is 0. The van der Waals surface area contributed by atoms with E-state index in [2.05, 4.69) is 17.5 Å². The number of hydrogen-bond acceptors (Lipinski definition) is 2. The van der Waals surface area contributed by atoms with Crippen LogP contribution in [0.3, 0.4) is 0 Å². The van der Waals surface area contributed by atoms with Gasteiger partial charge in [0.25, 0.3) is 0 Å². The predicted octanol–water partition coefficient (Wildman–Crippen LogP) is 1.24. The van der Waals surface area contributed by atoms with Crippen molar-refractivity contribution in [2.45, 2.75) is 20.8 Å². The van der Waals surface area contributed by atoms with Gasteiger partial charge in [-0.2, -0.15) is 5.10 Å². The van der Waals surface area contributed by atoms with Crippen LogP contribution in [0.1, 0.15) is 20.8 Å². The van der Waals surface area contributed by atoms with Crippen LogP contribution in [0.4, 0.5) is 0 Å². The van der Waals surface area contributed by atoms with Crippen LogP contribution in [0.5, 0.6) is 0 Å². The summed E-state index contributed by atoms with van der Waals surface area (Å²) in [5.74, 6) is 0.644. The van der Waals surface area contributed by atoms with Gasteiger partial charge < -0.3 is 5.43 Å². The molecule has 8 heavy (non-hydrogen) atoms. The van der Waals surface area contributed by atoms with Crippen molar-refractivity contribution in [2.75, 3.05) is 6.54 Å². The third-order valence-electron chi connectivity index (χ3n) is 0.834. The van der Waals surface area contributed by atoms with Crippen LogP contribution in [0, 0.1) is 5.92 Å². The smallest absolute Gasteiger partial charge is 0.0405 e. The molecular formula is C6H14N2. The monoisotopic (exact) mass is 114 g/mol. The first-order valence-electron chi connectivity index (χ1n) is 3.15. The minimum absolute atomic E-state index is 0.644. The number of rotatable bonds is 0. The molecule has 0 saturated carbocycles. The van der Waals surface area contributed by atoms with Crippen LogP contribution < -0.4 is 5.43 Å². The molecule has 1 N–H and O–H groups in total. The Morgan fingerprint density at radius 2 is 2.25 bits per heavy atom. The maximum Gasteiger partial charge on any atom is 0.0405 e. The van der Waals surface area contributed by atoms with E-state index >= 15 is 0 Å². The fraction of sp³-hybridized carbons (Fsp3) is 0.833. The molecule has 0 unspecified atom stereocenters. The molecule has 2 heteroatoms. The maximum atomic E-state index is 3.79. The van der Waals surface area contributed by atoms with Crippen molar-refractivity contribution >= 4 is 6.21 Å². The van der Waals surface area contributed by atoms with Crippen LogP contribution in [-0.2, 0) is 0 Å². The lowest BCUT2D eigenvalue weighted by atomic mass is 10.2. The van der Waals surface area contributed by atoms with Crippen molar-refractivity contribution < 1.29 is 0 Å². The molecule has 0 aromatic carbocycles. The highest BCUT2D eigenvalue weighted by Crippen LogP contribution is 1.90. The summed E-state index contributed by atoms with van der Waals surface area (Å²) in [6, 6.07) is 0. The zero-order chi connectivity index (χ0) is 6.41. The number of hydrogen-bond donors (Lipinski definition) is 1. The van der Waals surface area contributed by atoms with Crippen molar-refractivity contribution in [3.8, 4) is 0 Å². The third kappa shape index (κ3) is 2.61. The summed E-state index contributed by atoms with van der Waals surface area (Å²) in [6.45, 7) is 7.14. The predicted molar refractivity (Wildman–Crippen MR) is 37.0 cm³/mol. The Morgan fingerprint density at radius 3 is 2.38 bits per heavy atom. The lowest BCUT2D eigenvalue weighted by Crippen LogP contribution is -2.05. The van der Waals surface area contributed by atoms with Crippen LogP contribution in [-0.4, -0.2) is 12.8 Å². The molecule has 1 aliphatic heterocycles. The summed E-state index contributed by atoms with van der Waals surface area (Å²) in [5, 5.41) is 3.79. The molecule has 1 aliphatic rings. The highest BCUT2D eigenvalue weighted by Gasteiger charge is 1.99. The average Bonchev–Trinajstić information content (AvgIpc) is 2.24. The van der Waals surface area contributed by atoms with Gasteiger partial charge in [-0.3, -0.25) is 0 Å². The van der Waals surface area contributed by atoms with Crippen molar-refractivity contribution in [3.63, 3.8) is 0 Å². The van der Waals surface area contributed by atoms with Crippen molar-refractivity contribution in [1.82, 2.24) is 5.43 Å². The van der Waals surface area contributed by atoms with E-state index in [9.17, 15) is 0 Å². The number of hydrazone groups is 1. The third-order valence-corrected chi connectivity index (χ3v) is 0.834. The quantitative estimate of drug-likeness (QED) is 0.503. The topological polar surface area (TPSA) is 24.4 Å². The molecule has 0 radical (unpaired) electrons. The van der Waals surface area contributed by atoms with Gasteiger partial charge in [0.15, 0.2) is 0 Å². The summed E-state index contributed by atoms with van der Waals surface area (Å²) >= 11 is 0. The summed E-state index contributed by atoms with van der Waals surface area (Å²) in [5.41, 5.74) is 2.84. The average molecular weight is 114 g/mol. The Hall–Kier alpha value is -0.530. The van der Waals surface area contributed by atoms with Gasteiger partial charge in [0.2, 0.25) is 0 Å². The molecule has 0 amide bonds. The van der Waals surface area contributed by atoms with Gasteiger partial charge in [0.05, 0.1) is 0 Å². The second-order valence-electron chi connectivity index (χ2n) is 1.62. The van der Waals surface area contributed by atoms with Crippen molar-refractivity contribution in [1.29, 1.82) is 0 Å². The van der Waals surface area contributed by atoms with Gasteiger partial charge in [-0.1, -0.05) is 20.8 Å². The summed E-state index contributed by atoms with van der Waals surface area (Å²) in [7, 11) is 0. The molecule has 1 rings (SSSR count). The van der Waals surface area contributed by atoms with E-state index in [1.54, 1.807) is 0 Å². The van der Waals surface area contributed by atoms with E-state index in [1.165, 1.54) is 0 Å². The molecule has 0 bridgehead atoms. The zero-order valence-corrected chi connectivity index (χ0v) is 5.81. The molecule has 48 valence electrons. The van der Waals surface area contributed by atoms with E-state index in [1.807, 2.05) is 20.1 Å².